The smallest absolute Gasteiger partial charge is 0.303 e. The lowest BCUT2D eigenvalue weighted by atomic mass is 9.81. The Balaban J connectivity index is 1.38. The van der Waals surface area contributed by atoms with Gasteiger partial charge in [-0.15, -0.1) is 0 Å². The van der Waals surface area contributed by atoms with Gasteiger partial charge in [0.05, 0.1) is 16.7 Å². The highest BCUT2D eigenvalue weighted by Gasteiger charge is 2.51. The summed E-state index contributed by atoms with van der Waals surface area (Å²) in [4.78, 5) is 7.31. The molecular weight excluding hydrogens is 514 g/mol. The van der Waals surface area contributed by atoms with E-state index in [4.69, 9.17) is 9.72 Å². The van der Waals surface area contributed by atoms with Crippen molar-refractivity contribution in [2.45, 2.75) is 5.60 Å². The SMILES string of the molecule is c1ccc(N(c2ccccc2)c2ccc3c(c2)C2(Oc4nc5ccccc5n4-3)c3ccccc3-c3ccccc32)cc1. The summed E-state index contributed by atoms with van der Waals surface area (Å²) in [6.07, 6.45) is 0. The van der Waals surface area contributed by atoms with Gasteiger partial charge < -0.3 is 9.64 Å². The minimum absolute atomic E-state index is 0.603. The largest absolute Gasteiger partial charge is 0.443 e. The quantitative estimate of drug-likeness (QED) is 0.224. The van der Waals surface area contributed by atoms with Crippen molar-refractivity contribution in [3.05, 3.63) is 168 Å². The van der Waals surface area contributed by atoms with E-state index in [-0.39, 0.29) is 0 Å². The van der Waals surface area contributed by atoms with Gasteiger partial charge in [-0.25, -0.2) is 0 Å². The summed E-state index contributed by atoms with van der Waals surface area (Å²) in [6, 6.07) is 53.9. The van der Waals surface area contributed by atoms with Crippen molar-refractivity contribution in [3.8, 4) is 22.8 Å². The molecule has 0 fully saturated rings. The molecule has 0 bridgehead atoms. The third-order valence-electron chi connectivity index (χ3n) is 8.56. The number of imidazole rings is 1. The van der Waals surface area contributed by atoms with Crippen molar-refractivity contribution in [2.24, 2.45) is 0 Å². The van der Waals surface area contributed by atoms with E-state index in [1.54, 1.807) is 0 Å². The predicted octanol–water partition coefficient (Wildman–Crippen LogP) is 9.16. The van der Waals surface area contributed by atoms with Crippen LogP contribution in [0.5, 0.6) is 6.01 Å². The third kappa shape index (κ3) is 3.09. The van der Waals surface area contributed by atoms with E-state index in [1.165, 1.54) is 11.1 Å². The van der Waals surface area contributed by atoms with Crippen LogP contribution in [-0.2, 0) is 5.60 Å². The topological polar surface area (TPSA) is 30.3 Å². The molecule has 4 nitrogen and oxygen atoms in total. The summed E-state index contributed by atoms with van der Waals surface area (Å²) < 4.78 is 9.39. The second kappa shape index (κ2) is 8.69. The molecule has 6 aromatic carbocycles. The van der Waals surface area contributed by atoms with Gasteiger partial charge in [-0.3, -0.25) is 4.57 Å². The Bertz CT molecular complexity index is 2050. The lowest BCUT2D eigenvalue weighted by Gasteiger charge is -2.39. The number of aromatic nitrogens is 2. The van der Waals surface area contributed by atoms with E-state index in [9.17, 15) is 0 Å². The van der Waals surface area contributed by atoms with E-state index in [0.717, 1.165) is 50.5 Å². The Kier molecular flexibility index (Phi) is 4.79. The average Bonchev–Trinajstić information content (AvgIpc) is 3.56. The van der Waals surface area contributed by atoms with Crippen LogP contribution in [0.2, 0.25) is 0 Å². The molecular formula is C38H25N3O. The summed E-state index contributed by atoms with van der Waals surface area (Å²) in [7, 11) is 0. The first-order chi connectivity index (χ1) is 20.8. The monoisotopic (exact) mass is 539 g/mol. The van der Waals surface area contributed by atoms with Crippen molar-refractivity contribution >= 4 is 28.1 Å². The Morgan fingerprint density at radius 3 is 1.76 bits per heavy atom. The molecule has 9 rings (SSSR count). The summed E-state index contributed by atoms with van der Waals surface area (Å²) in [5.74, 6) is 0. The lowest BCUT2D eigenvalue weighted by molar-refractivity contribution is 0.132. The molecule has 4 heteroatoms. The van der Waals surface area contributed by atoms with Crippen molar-refractivity contribution < 1.29 is 4.74 Å². The number of rotatable bonds is 3. The van der Waals surface area contributed by atoms with E-state index >= 15 is 0 Å². The summed E-state index contributed by atoms with van der Waals surface area (Å²) in [5, 5.41) is 0. The van der Waals surface area contributed by atoms with Crippen LogP contribution in [0.25, 0.3) is 27.8 Å². The molecule has 0 N–H and O–H groups in total. The van der Waals surface area contributed by atoms with E-state index < -0.39 is 5.60 Å². The van der Waals surface area contributed by atoms with Crippen molar-refractivity contribution in [1.82, 2.24) is 9.55 Å². The normalized spacial score (nSPS) is 13.6. The van der Waals surface area contributed by atoms with Gasteiger partial charge in [-0.05, 0) is 65.7 Å². The van der Waals surface area contributed by atoms with E-state index in [1.807, 2.05) is 12.1 Å². The molecule has 2 aliphatic rings. The molecule has 42 heavy (non-hydrogen) atoms. The molecule has 0 radical (unpaired) electrons. The molecule has 198 valence electrons. The first-order valence-electron chi connectivity index (χ1n) is 14.2. The Morgan fingerprint density at radius 1 is 0.524 bits per heavy atom. The van der Waals surface area contributed by atoms with Crippen LogP contribution in [0.15, 0.2) is 152 Å². The number of para-hydroxylation sites is 4. The number of benzene rings is 6. The fraction of sp³-hybridized carbons (Fsp3) is 0.0263. The Morgan fingerprint density at radius 2 is 1.10 bits per heavy atom. The first-order valence-corrected chi connectivity index (χ1v) is 14.2. The summed E-state index contributed by atoms with van der Waals surface area (Å²) >= 11 is 0. The zero-order valence-electron chi connectivity index (χ0n) is 22.7. The molecule has 0 amide bonds. The van der Waals surface area contributed by atoms with Gasteiger partial charge in [-0.1, -0.05) is 97.1 Å². The third-order valence-corrected chi connectivity index (χ3v) is 8.56. The first kappa shape index (κ1) is 23.1. The number of anilines is 3. The van der Waals surface area contributed by atoms with Gasteiger partial charge >= 0.3 is 6.01 Å². The zero-order valence-corrected chi connectivity index (χ0v) is 22.7. The summed E-state index contributed by atoms with van der Waals surface area (Å²) in [6.45, 7) is 0. The van der Waals surface area contributed by atoms with E-state index in [0.29, 0.717) is 6.01 Å². The minimum atomic E-state index is -0.852. The van der Waals surface area contributed by atoms with Crippen molar-refractivity contribution in [3.63, 3.8) is 0 Å². The number of fused-ring (bicyclic) bond motifs is 11. The molecule has 0 unspecified atom stereocenters. The number of hydrogen-bond donors (Lipinski definition) is 0. The Labute approximate surface area is 243 Å². The zero-order chi connectivity index (χ0) is 27.7. The highest BCUT2D eigenvalue weighted by molar-refractivity contribution is 5.88. The molecule has 0 saturated heterocycles. The molecule has 7 aromatic rings. The fourth-order valence-electron chi connectivity index (χ4n) is 6.83. The number of hydrogen-bond acceptors (Lipinski definition) is 3. The minimum Gasteiger partial charge on any atom is -0.443 e. The van der Waals surface area contributed by atoms with Crippen LogP contribution in [0, 0.1) is 0 Å². The predicted molar refractivity (Wildman–Crippen MR) is 168 cm³/mol. The van der Waals surface area contributed by atoms with Crippen LogP contribution >= 0.6 is 0 Å². The van der Waals surface area contributed by atoms with E-state index in [2.05, 4.69) is 149 Å². The molecule has 1 aliphatic carbocycles. The van der Waals surface area contributed by atoms with Crippen LogP contribution in [-0.4, -0.2) is 9.55 Å². The lowest BCUT2D eigenvalue weighted by Crippen LogP contribution is -2.39. The second-order valence-corrected chi connectivity index (χ2v) is 10.8. The molecule has 1 aromatic heterocycles. The average molecular weight is 540 g/mol. The van der Waals surface area contributed by atoms with Gasteiger partial charge in [-0.2, -0.15) is 4.98 Å². The molecule has 1 spiro atoms. The van der Waals surface area contributed by atoms with Crippen LogP contribution in [0.3, 0.4) is 0 Å². The van der Waals surface area contributed by atoms with Crippen LogP contribution in [0.4, 0.5) is 17.1 Å². The fourth-order valence-corrected chi connectivity index (χ4v) is 6.83. The highest BCUT2D eigenvalue weighted by atomic mass is 16.5. The molecule has 1 aliphatic heterocycles. The standard InChI is InChI=1S/C38H25N3O/c1-3-13-26(14-4-1)40(27-15-5-2-6-16-27)28-23-24-35-33(25-28)38(42-37-39-34-21-11-12-22-36(34)41(35)37)31-19-9-7-17-29(31)30-18-8-10-20-32(30)38/h1-25H. The maximum Gasteiger partial charge on any atom is 0.303 e. The molecule has 2 heterocycles. The maximum absolute atomic E-state index is 7.22. The number of ether oxygens (including phenoxy) is 1. The number of nitrogens with zero attached hydrogens (tertiary/aromatic N) is 3. The Hall–Kier alpha value is -5.61. The van der Waals surface area contributed by atoms with Crippen LogP contribution in [0.1, 0.15) is 16.7 Å². The second-order valence-electron chi connectivity index (χ2n) is 10.8. The van der Waals surface area contributed by atoms with Crippen LogP contribution < -0.4 is 9.64 Å². The van der Waals surface area contributed by atoms with Gasteiger partial charge in [0.25, 0.3) is 0 Å². The molecule has 0 atom stereocenters. The molecule has 0 saturated carbocycles. The van der Waals surface area contributed by atoms with Gasteiger partial charge in [0.1, 0.15) is 0 Å². The highest BCUT2D eigenvalue weighted by Crippen LogP contribution is 2.57. The van der Waals surface area contributed by atoms with Gasteiger partial charge in [0.2, 0.25) is 0 Å². The van der Waals surface area contributed by atoms with Gasteiger partial charge in [0, 0.05) is 33.8 Å². The maximum atomic E-state index is 7.22. The van der Waals surface area contributed by atoms with Gasteiger partial charge in [0.15, 0.2) is 5.60 Å². The van der Waals surface area contributed by atoms with Crippen molar-refractivity contribution in [2.75, 3.05) is 4.90 Å². The summed E-state index contributed by atoms with van der Waals surface area (Å²) in [5.41, 5.74) is 11.1. The van der Waals surface area contributed by atoms with Crippen molar-refractivity contribution in [1.29, 1.82) is 0 Å².